The van der Waals surface area contributed by atoms with Crippen LogP contribution in [0.1, 0.15) is 41.6 Å². The number of hydrogen-bond acceptors (Lipinski definition) is 2. The van der Waals surface area contributed by atoms with Crippen LogP contribution in [0, 0.1) is 6.92 Å². The molecule has 1 aromatic carbocycles. The summed E-state index contributed by atoms with van der Waals surface area (Å²) in [5.74, 6) is 0.0516. The minimum Gasteiger partial charge on any atom is -0.349 e. The fraction of sp³-hybridized carbons (Fsp3) is 0.533. The third-order valence-electron chi connectivity index (χ3n) is 4.11. The molecule has 3 nitrogen and oxygen atoms in total. The SMILES string of the molecule is Cc1cc(Br)cc(C(=O)NC2CC3CCC(C2)N3)c1. The number of piperidine rings is 1. The van der Waals surface area contributed by atoms with Crippen LogP contribution in [0.5, 0.6) is 0 Å². The van der Waals surface area contributed by atoms with Crippen molar-refractivity contribution in [3.05, 3.63) is 33.8 Å². The molecule has 2 aliphatic heterocycles. The number of fused-ring (bicyclic) bond motifs is 2. The molecule has 19 heavy (non-hydrogen) atoms. The van der Waals surface area contributed by atoms with Gasteiger partial charge in [-0.15, -0.1) is 0 Å². The molecule has 0 aliphatic carbocycles. The molecule has 2 fully saturated rings. The molecule has 0 spiro atoms. The van der Waals surface area contributed by atoms with Gasteiger partial charge < -0.3 is 10.6 Å². The first kappa shape index (κ1) is 13.1. The molecule has 1 amide bonds. The second-order valence-electron chi connectivity index (χ2n) is 5.80. The second-order valence-corrected chi connectivity index (χ2v) is 6.71. The van der Waals surface area contributed by atoms with E-state index in [-0.39, 0.29) is 5.91 Å². The van der Waals surface area contributed by atoms with Gasteiger partial charge >= 0.3 is 0 Å². The first-order valence-corrected chi connectivity index (χ1v) is 7.73. The number of rotatable bonds is 2. The van der Waals surface area contributed by atoms with Crippen molar-refractivity contribution in [1.29, 1.82) is 0 Å². The van der Waals surface area contributed by atoms with E-state index in [2.05, 4.69) is 26.6 Å². The lowest BCUT2D eigenvalue weighted by Gasteiger charge is -2.29. The summed E-state index contributed by atoms with van der Waals surface area (Å²) in [6.07, 6.45) is 4.64. The summed E-state index contributed by atoms with van der Waals surface area (Å²) in [5, 5.41) is 6.78. The van der Waals surface area contributed by atoms with Gasteiger partial charge in [-0.2, -0.15) is 0 Å². The highest BCUT2D eigenvalue weighted by Gasteiger charge is 2.34. The highest BCUT2D eigenvalue weighted by Crippen LogP contribution is 2.27. The molecule has 2 saturated heterocycles. The van der Waals surface area contributed by atoms with E-state index < -0.39 is 0 Å². The highest BCUT2D eigenvalue weighted by molar-refractivity contribution is 9.10. The van der Waals surface area contributed by atoms with Gasteiger partial charge in [-0.3, -0.25) is 4.79 Å². The van der Waals surface area contributed by atoms with Crippen LogP contribution in [0.25, 0.3) is 0 Å². The van der Waals surface area contributed by atoms with Crippen molar-refractivity contribution >= 4 is 21.8 Å². The van der Waals surface area contributed by atoms with Gasteiger partial charge in [0.2, 0.25) is 0 Å². The van der Waals surface area contributed by atoms with Crippen molar-refractivity contribution < 1.29 is 4.79 Å². The molecule has 0 saturated carbocycles. The van der Waals surface area contributed by atoms with E-state index >= 15 is 0 Å². The maximum atomic E-state index is 12.3. The van der Waals surface area contributed by atoms with Crippen LogP contribution in [0.15, 0.2) is 22.7 Å². The summed E-state index contributed by atoms with van der Waals surface area (Å²) in [7, 11) is 0. The molecule has 2 unspecified atom stereocenters. The van der Waals surface area contributed by atoms with Gasteiger partial charge in [-0.1, -0.05) is 15.9 Å². The number of halogens is 1. The number of nitrogens with one attached hydrogen (secondary N) is 2. The van der Waals surface area contributed by atoms with Crippen molar-refractivity contribution in [3.63, 3.8) is 0 Å². The lowest BCUT2D eigenvalue weighted by Crippen LogP contribution is -2.48. The summed E-state index contributed by atoms with van der Waals surface area (Å²) in [6.45, 7) is 2.01. The molecule has 3 rings (SSSR count). The van der Waals surface area contributed by atoms with Crippen molar-refractivity contribution in [3.8, 4) is 0 Å². The van der Waals surface area contributed by atoms with Gasteiger partial charge in [0.1, 0.15) is 0 Å². The second kappa shape index (κ2) is 5.25. The van der Waals surface area contributed by atoms with Crippen LogP contribution in [0.2, 0.25) is 0 Å². The molecule has 2 heterocycles. The normalized spacial score (nSPS) is 29.3. The predicted molar refractivity (Wildman–Crippen MR) is 79.3 cm³/mol. The number of hydrogen-bond donors (Lipinski definition) is 2. The van der Waals surface area contributed by atoms with Gasteiger partial charge in [0.25, 0.3) is 5.91 Å². The summed E-state index contributed by atoms with van der Waals surface area (Å²) in [4.78, 5) is 12.3. The Labute approximate surface area is 122 Å². The van der Waals surface area contributed by atoms with E-state index in [1.165, 1.54) is 12.8 Å². The molecule has 2 atom stereocenters. The van der Waals surface area contributed by atoms with E-state index in [4.69, 9.17) is 0 Å². The number of carbonyl (C=O) groups is 1. The Morgan fingerprint density at radius 3 is 2.58 bits per heavy atom. The monoisotopic (exact) mass is 322 g/mol. The number of amides is 1. The Bertz CT molecular complexity index is 471. The highest BCUT2D eigenvalue weighted by atomic mass is 79.9. The van der Waals surface area contributed by atoms with Crippen LogP contribution in [0.3, 0.4) is 0 Å². The molecule has 2 aliphatic rings. The van der Waals surface area contributed by atoms with Crippen LogP contribution in [-0.2, 0) is 0 Å². The van der Waals surface area contributed by atoms with Crippen LogP contribution in [0.4, 0.5) is 0 Å². The Morgan fingerprint density at radius 2 is 1.95 bits per heavy atom. The first-order chi connectivity index (χ1) is 9.10. The quantitative estimate of drug-likeness (QED) is 0.879. The molecule has 4 heteroatoms. The lowest BCUT2D eigenvalue weighted by molar-refractivity contribution is 0.0924. The fourth-order valence-electron chi connectivity index (χ4n) is 3.31. The Morgan fingerprint density at radius 1 is 1.26 bits per heavy atom. The third kappa shape index (κ3) is 3.00. The zero-order valence-electron chi connectivity index (χ0n) is 11.1. The van der Waals surface area contributed by atoms with Gasteiger partial charge in [0.15, 0.2) is 0 Å². The molecule has 102 valence electrons. The van der Waals surface area contributed by atoms with Crippen LogP contribution < -0.4 is 10.6 Å². The average Bonchev–Trinajstić information content (AvgIpc) is 2.67. The standard InChI is InChI=1S/C15H19BrN2O/c1-9-4-10(6-11(16)5-9)15(19)18-14-7-12-2-3-13(8-14)17-12/h4-6,12-14,17H,2-3,7-8H2,1H3,(H,18,19). The van der Waals surface area contributed by atoms with Gasteiger partial charge in [-0.05, 0) is 56.4 Å². The van der Waals surface area contributed by atoms with Crippen molar-refractivity contribution in [2.24, 2.45) is 0 Å². The van der Waals surface area contributed by atoms with E-state index in [1.807, 2.05) is 25.1 Å². The predicted octanol–water partition coefficient (Wildman–Crippen LogP) is 2.77. The lowest BCUT2D eigenvalue weighted by atomic mass is 9.99. The minimum atomic E-state index is 0.0516. The van der Waals surface area contributed by atoms with E-state index in [0.29, 0.717) is 18.1 Å². The van der Waals surface area contributed by atoms with Crippen LogP contribution in [-0.4, -0.2) is 24.0 Å². The van der Waals surface area contributed by atoms with Crippen molar-refractivity contribution in [2.75, 3.05) is 0 Å². The molecule has 2 bridgehead atoms. The Kier molecular flexibility index (Phi) is 3.63. The summed E-state index contributed by atoms with van der Waals surface area (Å²) in [6, 6.07) is 7.38. The number of benzene rings is 1. The number of aryl methyl sites for hydroxylation is 1. The molecule has 0 aromatic heterocycles. The number of carbonyl (C=O) groups excluding carboxylic acids is 1. The molecule has 0 radical (unpaired) electrons. The average molecular weight is 323 g/mol. The zero-order chi connectivity index (χ0) is 13.4. The molecule has 2 N–H and O–H groups in total. The third-order valence-corrected chi connectivity index (χ3v) is 4.57. The van der Waals surface area contributed by atoms with Gasteiger partial charge in [0.05, 0.1) is 0 Å². The first-order valence-electron chi connectivity index (χ1n) is 6.94. The topological polar surface area (TPSA) is 41.1 Å². The zero-order valence-corrected chi connectivity index (χ0v) is 12.7. The molecular formula is C15H19BrN2O. The molecular weight excluding hydrogens is 304 g/mol. The smallest absolute Gasteiger partial charge is 0.251 e. The van der Waals surface area contributed by atoms with Crippen LogP contribution >= 0.6 is 15.9 Å². The van der Waals surface area contributed by atoms with E-state index in [1.54, 1.807) is 0 Å². The van der Waals surface area contributed by atoms with Gasteiger partial charge in [-0.25, -0.2) is 0 Å². The van der Waals surface area contributed by atoms with Crippen molar-refractivity contribution in [2.45, 2.75) is 50.7 Å². The summed E-state index contributed by atoms with van der Waals surface area (Å²) < 4.78 is 0.961. The van der Waals surface area contributed by atoms with E-state index in [0.717, 1.165) is 28.4 Å². The van der Waals surface area contributed by atoms with Gasteiger partial charge in [0, 0.05) is 28.2 Å². The maximum Gasteiger partial charge on any atom is 0.251 e. The largest absolute Gasteiger partial charge is 0.349 e. The maximum absolute atomic E-state index is 12.3. The van der Waals surface area contributed by atoms with Crippen molar-refractivity contribution in [1.82, 2.24) is 10.6 Å². The summed E-state index contributed by atoms with van der Waals surface area (Å²) in [5.41, 5.74) is 1.85. The fourth-order valence-corrected chi connectivity index (χ4v) is 3.92. The Hall–Kier alpha value is -0.870. The van der Waals surface area contributed by atoms with E-state index in [9.17, 15) is 4.79 Å². The Balaban J connectivity index is 1.67. The minimum absolute atomic E-state index is 0.0516. The summed E-state index contributed by atoms with van der Waals surface area (Å²) >= 11 is 3.45. The molecule has 1 aromatic rings.